The van der Waals surface area contributed by atoms with Gasteiger partial charge in [0.1, 0.15) is 5.75 Å². The van der Waals surface area contributed by atoms with E-state index in [0.717, 1.165) is 11.1 Å². The highest BCUT2D eigenvalue weighted by Gasteiger charge is 2.07. The third-order valence-electron chi connectivity index (χ3n) is 2.72. The van der Waals surface area contributed by atoms with Crippen molar-refractivity contribution < 1.29 is 9.47 Å². The predicted molar refractivity (Wildman–Crippen MR) is 78.8 cm³/mol. The summed E-state index contributed by atoms with van der Waals surface area (Å²) >= 11 is 11.9. The van der Waals surface area contributed by atoms with Gasteiger partial charge < -0.3 is 9.47 Å². The molecule has 0 unspecified atom stereocenters. The molecule has 0 spiro atoms. The molecule has 0 heterocycles. The Bertz CT molecular complexity index is 582. The van der Waals surface area contributed by atoms with E-state index < -0.39 is 0 Å². The quantitative estimate of drug-likeness (QED) is 0.723. The fraction of sp³-hybridized carbons (Fsp3) is 0.200. The number of methoxy groups -OCH3 is 1. The smallest absolute Gasteiger partial charge is 0.169 e. The molecule has 2 aromatic carbocycles. The number of rotatable bonds is 4. The molecule has 0 amide bonds. The SMILES string of the molecule is COc1cc(C)ccc1Oc1ccc(CCl)c(Cl)c1. The Balaban J connectivity index is 2.28. The molecule has 2 rings (SSSR count). The molecule has 0 aliphatic heterocycles. The maximum atomic E-state index is 6.10. The van der Waals surface area contributed by atoms with Gasteiger partial charge in [-0.3, -0.25) is 0 Å². The molecule has 0 N–H and O–H groups in total. The van der Waals surface area contributed by atoms with Crippen molar-refractivity contribution in [2.75, 3.05) is 7.11 Å². The Morgan fingerprint density at radius 3 is 2.47 bits per heavy atom. The van der Waals surface area contributed by atoms with Crippen LogP contribution in [0.4, 0.5) is 0 Å². The first-order valence-electron chi connectivity index (χ1n) is 5.81. The molecule has 0 radical (unpaired) electrons. The lowest BCUT2D eigenvalue weighted by molar-refractivity contribution is 0.378. The van der Waals surface area contributed by atoms with E-state index in [4.69, 9.17) is 32.7 Å². The summed E-state index contributed by atoms with van der Waals surface area (Å²) in [6.07, 6.45) is 0. The van der Waals surface area contributed by atoms with E-state index in [1.165, 1.54) is 0 Å². The maximum Gasteiger partial charge on any atom is 0.169 e. The number of alkyl halides is 1. The van der Waals surface area contributed by atoms with Crippen LogP contribution in [0.1, 0.15) is 11.1 Å². The molecule has 0 aliphatic rings. The molecule has 100 valence electrons. The van der Waals surface area contributed by atoms with Gasteiger partial charge in [-0.1, -0.05) is 23.7 Å². The van der Waals surface area contributed by atoms with Crippen molar-refractivity contribution in [1.82, 2.24) is 0 Å². The fourth-order valence-electron chi connectivity index (χ4n) is 1.69. The zero-order valence-electron chi connectivity index (χ0n) is 10.7. The zero-order valence-corrected chi connectivity index (χ0v) is 12.3. The Labute approximate surface area is 122 Å². The lowest BCUT2D eigenvalue weighted by Crippen LogP contribution is -1.91. The van der Waals surface area contributed by atoms with Gasteiger partial charge in [0.2, 0.25) is 0 Å². The van der Waals surface area contributed by atoms with Crippen LogP contribution in [0.3, 0.4) is 0 Å². The van der Waals surface area contributed by atoms with E-state index in [9.17, 15) is 0 Å². The monoisotopic (exact) mass is 296 g/mol. The molecule has 2 nitrogen and oxygen atoms in total. The molecule has 0 saturated heterocycles. The fourth-order valence-corrected chi connectivity index (χ4v) is 2.22. The van der Waals surface area contributed by atoms with Crippen molar-refractivity contribution in [2.24, 2.45) is 0 Å². The van der Waals surface area contributed by atoms with Crippen LogP contribution in [0.25, 0.3) is 0 Å². The first-order valence-corrected chi connectivity index (χ1v) is 6.72. The molecule has 4 heteroatoms. The van der Waals surface area contributed by atoms with Crippen LogP contribution >= 0.6 is 23.2 Å². The summed E-state index contributed by atoms with van der Waals surface area (Å²) in [5.41, 5.74) is 1.99. The average Bonchev–Trinajstić information content (AvgIpc) is 2.41. The van der Waals surface area contributed by atoms with Gasteiger partial charge in [-0.05, 0) is 42.3 Å². The summed E-state index contributed by atoms with van der Waals surface area (Å²) in [5, 5.41) is 0.596. The summed E-state index contributed by atoms with van der Waals surface area (Å²) < 4.78 is 11.1. The van der Waals surface area contributed by atoms with E-state index in [1.807, 2.05) is 37.3 Å². The molecular formula is C15H14Cl2O2. The van der Waals surface area contributed by atoms with Crippen LogP contribution in [-0.2, 0) is 5.88 Å². The second-order valence-electron chi connectivity index (χ2n) is 4.14. The van der Waals surface area contributed by atoms with Crippen LogP contribution in [0, 0.1) is 6.92 Å². The van der Waals surface area contributed by atoms with Gasteiger partial charge in [0.05, 0.1) is 7.11 Å². The third-order valence-corrected chi connectivity index (χ3v) is 3.36. The Hall–Kier alpha value is -1.38. The van der Waals surface area contributed by atoms with Gasteiger partial charge in [0.25, 0.3) is 0 Å². The Morgan fingerprint density at radius 1 is 1.05 bits per heavy atom. The summed E-state index contributed by atoms with van der Waals surface area (Å²) in [4.78, 5) is 0. The lowest BCUT2D eigenvalue weighted by Gasteiger charge is -2.11. The molecule has 2 aromatic rings. The average molecular weight is 297 g/mol. The molecule has 0 atom stereocenters. The lowest BCUT2D eigenvalue weighted by atomic mass is 10.2. The summed E-state index contributed by atoms with van der Waals surface area (Å²) in [7, 11) is 1.62. The van der Waals surface area contributed by atoms with Gasteiger partial charge in [-0.2, -0.15) is 0 Å². The van der Waals surface area contributed by atoms with Gasteiger partial charge in [0, 0.05) is 10.9 Å². The first-order chi connectivity index (χ1) is 9.13. The van der Waals surface area contributed by atoms with E-state index in [2.05, 4.69) is 0 Å². The van der Waals surface area contributed by atoms with Crippen LogP contribution in [-0.4, -0.2) is 7.11 Å². The highest BCUT2D eigenvalue weighted by atomic mass is 35.5. The molecule has 0 bridgehead atoms. The topological polar surface area (TPSA) is 18.5 Å². The number of hydrogen-bond acceptors (Lipinski definition) is 2. The first kappa shape index (κ1) is 14.0. The highest BCUT2D eigenvalue weighted by molar-refractivity contribution is 6.32. The van der Waals surface area contributed by atoms with E-state index in [1.54, 1.807) is 13.2 Å². The number of hydrogen-bond donors (Lipinski definition) is 0. The van der Waals surface area contributed by atoms with Gasteiger partial charge in [0.15, 0.2) is 11.5 Å². The van der Waals surface area contributed by atoms with Crippen LogP contribution in [0.5, 0.6) is 17.2 Å². The highest BCUT2D eigenvalue weighted by Crippen LogP contribution is 2.33. The second kappa shape index (κ2) is 6.18. The van der Waals surface area contributed by atoms with E-state index >= 15 is 0 Å². The minimum Gasteiger partial charge on any atom is -0.493 e. The van der Waals surface area contributed by atoms with Crippen molar-refractivity contribution in [3.8, 4) is 17.2 Å². The van der Waals surface area contributed by atoms with Gasteiger partial charge in [-0.15, -0.1) is 11.6 Å². The van der Waals surface area contributed by atoms with Crippen molar-refractivity contribution in [3.63, 3.8) is 0 Å². The normalized spacial score (nSPS) is 10.3. The van der Waals surface area contributed by atoms with Crippen molar-refractivity contribution in [3.05, 3.63) is 52.5 Å². The minimum absolute atomic E-state index is 0.382. The van der Waals surface area contributed by atoms with E-state index in [-0.39, 0.29) is 0 Å². The maximum absolute atomic E-state index is 6.10. The van der Waals surface area contributed by atoms with Crippen LogP contribution in [0.2, 0.25) is 5.02 Å². The largest absolute Gasteiger partial charge is 0.493 e. The van der Waals surface area contributed by atoms with Crippen molar-refractivity contribution in [1.29, 1.82) is 0 Å². The molecule has 0 aliphatic carbocycles. The number of aryl methyl sites for hydroxylation is 1. The van der Waals surface area contributed by atoms with Crippen LogP contribution < -0.4 is 9.47 Å². The van der Waals surface area contributed by atoms with Crippen molar-refractivity contribution in [2.45, 2.75) is 12.8 Å². The molecule has 0 fully saturated rings. The Kier molecular flexibility index (Phi) is 4.56. The predicted octanol–water partition coefficient (Wildman–Crippen LogP) is 5.19. The van der Waals surface area contributed by atoms with Crippen molar-refractivity contribution >= 4 is 23.2 Å². The number of halogens is 2. The summed E-state index contributed by atoms with van der Waals surface area (Å²) in [6.45, 7) is 2.00. The number of benzene rings is 2. The summed E-state index contributed by atoms with van der Waals surface area (Å²) in [5.74, 6) is 2.38. The summed E-state index contributed by atoms with van der Waals surface area (Å²) in [6, 6.07) is 11.2. The van der Waals surface area contributed by atoms with Gasteiger partial charge >= 0.3 is 0 Å². The minimum atomic E-state index is 0.382. The van der Waals surface area contributed by atoms with Crippen LogP contribution in [0.15, 0.2) is 36.4 Å². The van der Waals surface area contributed by atoms with E-state index in [0.29, 0.717) is 28.2 Å². The zero-order chi connectivity index (χ0) is 13.8. The second-order valence-corrected chi connectivity index (χ2v) is 4.82. The molecule has 0 saturated carbocycles. The van der Waals surface area contributed by atoms with Gasteiger partial charge in [-0.25, -0.2) is 0 Å². The standard InChI is InChI=1S/C15H14Cl2O2/c1-10-3-6-14(15(7-10)18-2)19-12-5-4-11(9-16)13(17)8-12/h3-8H,9H2,1-2H3. The third kappa shape index (κ3) is 3.34. The molecule has 0 aromatic heterocycles. The molecule has 19 heavy (non-hydrogen) atoms. The Morgan fingerprint density at radius 2 is 1.84 bits per heavy atom. The molecular weight excluding hydrogens is 283 g/mol. The number of ether oxygens (including phenoxy) is 2.